The number of hydrogen-bond donors (Lipinski definition) is 1. The lowest BCUT2D eigenvalue weighted by atomic mass is 9.78. The van der Waals surface area contributed by atoms with E-state index < -0.39 is 0 Å². The predicted octanol–water partition coefficient (Wildman–Crippen LogP) is 3.34. The molecule has 2 amide bonds. The standard InChI is InChI=1S/C21H27N5O2S/c1-25-14-22-24-21(25)29-13-19(27)23-17-10-8-16(9-11-17)20(28)26-12-4-6-15-5-2-3-7-18(15)26/h8-11,14-15,18H,2-7,12-13H2,1H3,(H,23,27). The van der Waals surface area contributed by atoms with Gasteiger partial charge in [0.25, 0.3) is 5.91 Å². The Morgan fingerprint density at radius 1 is 1.14 bits per heavy atom. The molecule has 2 fully saturated rings. The topological polar surface area (TPSA) is 80.1 Å². The van der Waals surface area contributed by atoms with Crippen molar-refractivity contribution in [2.45, 2.75) is 49.7 Å². The van der Waals surface area contributed by atoms with Crippen molar-refractivity contribution in [1.82, 2.24) is 19.7 Å². The van der Waals surface area contributed by atoms with Crippen molar-refractivity contribution >= 4 is 29.3 Å². The summed E-state index contributed by atoms with van der Waals surface area (Å²) < 4.78 is 1.77. The summed E-state index contributed by atoms with van der Waals surface area (Å²) in [7, 11) is 1.84. The third kappa shape index (κ3) is 4.63. The number of nitrogens with one attached hydrogen (secondary N) is 1. The minimum Gasteiger partial charge on any atom is -0.335 e. The monoisotopic (exact) mass is 413 g/mol. The molecule has 1 aromatic heterocycles. The number of carbonyl (C=O) groups is 2. The van der Waals surface area contributed by atoms with Crippen molar-refractivity contribution in [3.8, 4) is 0 Å². The van der Waals surface area contributed by atoms with Gasteiger partial charge in [-0.1, -0.05) is 24.6 Å². The van der Waals surface area contributed by atoms with Crippen LogP contribution in [0, 0.1) is 5.92 Å². The van der Waals surface area contributed by atoms with E-state index in [1.807, 2.05) is 19.2 Å². The van der Waals surface area contributed by atoms with Gasteiger partial charge in [0.1, 0.15) is 6.33 Å². The molecule has 1 aliphatic carbocycles. The van der Waals surface area contributed by atoms with Crippen LogP contribution in [0.2, 0.25) is 0 Å². The normalized spacial score (nSPS) is 21.5. The number of thioether (sulfide) groups is 1. The van der Waals surface area contributed by atoms with Crippen LogP contribution in [0.4, 0.5) is 5.69 Å². The molecule has 0 bridgehead atoms. The number of anilines is 1. The summed E-state index contributed by atoms with van der Waals surface area (Å²) in [6.07, 6.45) is 8.87. The maximum absolute atomic E-state index is 13.1. The van der Waals surface area contributed by atoms with Crippen LogP contribution < -0.4 is 5.32 Å². The Balaban J connectivity index is 1.34. The van der Waals surface area contributed by atoms with E-state index in [9.17, 15) is 9.59 Å². The van der Waals surface area contributed by atoms with Gasteiger partial charge in [0.15, 0.2) is 5.16 Å². The summed E-state index contributed by atoms with van der Waals surface area (Å²) in [5.74, 6) is 0.936. The first-order chi connectivity index (χ1) is 14.1. The van der Waals surface area contributed by atoms with Gasteiger partial charge in [0.05, 0.1) is 5.75 Å². The lowest BCUT2D eigenvalue weighted by Crippen LogP contribution is -2.49. The second-order valence-electron chi connectivity index (χ2n) is 7.89. The van der Waals surface area contributed by atoms with Crippen LogP contribution in [0.15, 0.2) is 35.7 Å². The molecule has 0 radical (unpaired) electrons. The third-order valence-electron chi connectivity index (χ3n) is 5.92. The fourth-order valence-electron chi connectivity index (χ4n) is 4.47. The molecule has 0 spiro atoms. The van der Waals surface area contributed by atoms with Gasteiger partial charge in [-0.2, -0.15) is 0 Å². The van der Waals surface area contributed by atoms with Gasteiger partial charge >= 0.3 is 0 Å². The SMILES string of the molecule is Cn1cnnc1SCC(=O)Nc1ccc(C(=O)N2CCCC3CCCCC32)cc1. The summed E-state index contributed by atoms with van der Waals surface area (Å²) in [6.45, 7) is 0.859. The molecule has 29 heavy (non-hydrogen) atoms. The first-order valence-corrected chi connectivity index (χ1v) is 11.3. The lowest BCUT2D eigenvalue weighted by Gasteiger charge is -2.44. The van der Waals surface area contributed by atoms with Crippen LogP contribution in [-0.2, 0) is 11.8 Å². The van der Waals surface area contributed by atoms with E-state index in [2.05, 4.69) is 20.4 Å². The number of hydrogen-bond acceptors (Lipinski definition) is 5. The molecule has 2 atom stereocenters. The number of benzene rings is 1. The summed E-state index contributed by atoms with van der Waals surface area (Å²) in [4.78, 5) is 27.3. The Hall–Kier alpha value is -2.35. The average Bonchev–Trinajstić information content (AvgIpc) is 3.16. The van der Waals surface area contributed by atoms with Gasteiger partial charge in [0.2, 0.25) is 5.91 Å². The number of likely N-dealkylation sites (tertiary alicyclic amines) is 1. The van der Waals surface area contributed by atoms with Crippen LogP contribution >= 0.6 is 11.8 Å². The van der Waals surface area contributed by atoms with E-state index in [1.54, 1.807) is 23.0 Å². The van der Waals surface area contributed by atoms with Gasteiger partial charge < -0.3 is 14.8 Å². The average molecular weight is 414 g/mol. The lowest BCUT2D eigenvalue weighted by molar-refractivity contribution is -0.113. The molecule has 2 unspecified atom stereocenters. The molecule has 4 rings (SSSR count). The maximum atomic E-state index is 13.1. The molecule has 154 valence electrons. The zero-order valence-electron chi connectivity index (χ0n) is 16.7. The molecule has 8 heteroatoms. The fraction of sp³-hybridized carbons (Fsp3) is 0.524. The summed E-state index contributed by atoms with van der Waals surface area (Å²) >= 11 is 1.33. The molecule has 1 aliphatic heterocycles. The number of nitrogens with zero attached hydrogens (tertiary/aromatic N) is 4. The highest BCUT2D eigenvalue weighted by Crippen LogP contribution is 2.36. The molecule has 1 saturated carbocycles. The van der Waals surface area contributed by atoms with Gasteiger partial charge in [-0.15, -0.1) is 10.2 Å². The maximum Gasteiger partial charge on any atom is 0.254 e. The van der Waals surface area contributed by atoms with Crippen molar-refractivity contribution in [2.24, 2.45) is 13.0 Å². The van der Waals surface area contributed by atoms with Gasteiger partial charge in [0, 0.05) is 30.9 Å². The number of aromatic nitrogens is 3. The fourth-order valence-corrected chi connectivity index (χ4v) is 5.16. The Morgan fingerprint density at radius 3 is 2.66 bits per heavy atom. The Morgan fingerprint density at radius 2 is 1.90 bits per heavy atom. The second kappa shape index (κ2) is 8.98. The van der Waals surface area contributed by atoms with Crippen LogP contribution in [0.3, 0.4) is 0 Å². The summed E-state index contributed by atoms with van der Waals surface area (Å²) in [5.41, 5.74) is 1.39. The van der Waals surface area contributed by atoms with Gasteiger partial charge in [-0.25, -0.2) is 0 Å². The van der Waals surface area contributed by atoms with Crippen LogP contribution in [0.25, 0.3) is 0 Å². The molecular formula is C21H27N5O2S. The summed E-state index contributed by atoms with van der Waals surface area (Å²) in [5, 5.41) is 11.3. The molecule has 1 aromatic carbocycles. The van der Waals surface area contributed by atoms with Crippen LogP contribution in [0.5, 0.6) is 0 Å². The zero-order chi connectivity index (χ0) is 20.2. The predicted molar refractivity (Wildman–Crippen MR) is 113 cm³/mol. The number of carbonyl (C=O) groups excluding carboxylic acids is 2. The molecule has 7 nitrogen and oxygen atoms in total. The molecule has 2 aliphatic rings. The number of piperidine rings is 1. The Kier molecular flexibility index (Phi) is 6.18. The van der Waals surface area contributed by atoms with Gasteiger partial charge in [-0.05, 0) is 55.9 Å². The highest BCUT2D eigenvalue weighted by Gasteiger charge is 2.35. The smallest absolute Gasteiger partial charge is 0.254 e. The van der Waals surface area contributed by atoms with Crippen molar-refractivity contribution in [3.05, 3.63) is 36.2 Å². The largest absolute Gasteiger partial charge is 0.335 e. The van der Waals surface area contributed by atoms with Crippen molar-refractivity contribution in [1.29, 1.82) is 0 Å². The number of amides is 2. The van der Waals surface area contributed by atoms with E-state index in [-0.39, 0.29) is 17.6 Å². The van der Waals surface area contributed by atoms with Gasteiger partial charge in [-0.3, -0.25) is 9.59 Å². The third-order valence-corrected chi connectivity index (χ3v) is 6.96. The number of rotatable bonds is 5. The van der Waals surface area contributed by atoms with E-state index in [4.69, 9.17) is 0 Å². The molecular weight excluding hydrogens is 386 g/mol. The quantitative estimate of drug-likeness (QED) is 0.761. The Labute approximate surface area is 175 Å². The molecule has 2 heterocycles. The van der Waals surface area contributed by atoms with Crippen molar-refractivity contribution < 1.29 is 9.59 Å². The highest BCUT2D eigenvalue weighted by atomic mass is 32.2. The second-order valence-corrected chi connectivity index (χ2v) is 8.83. The van der Waals surface area contributed by atoms with E-state index >= 15 is 0 Å². The van der Waals surface area contributed by atoms with Crippen LogP contribution in [0.1, 0.15) is 48.9 Å². The highest BCUT2D eigenvalue weighted by molar-refractivity contribution is 7.99. The molecule has 1 saturated heterocycles. The van der Waals surface area contributed by atoms with Crippen molar-refractivity contribution in [2.75, 3.05) is 17.6 Å². The zero-order valence-corrected chi connectivity index (χ0v) is 17.5. The number of aryl methyl sites for hydroxylation is 1. The van der Waals surface area contributed by atoms with E-state index in [1.165, 1.54) is 37.4 Å². The van der Waals surface area contributed by atoms with Crippen molar-refractivity contribution in [3.63, 3.8) is 0 Å². The minimum atomic E-state index is -0.113. The Bertz CT molecular complexity index is 864. The first kappa shape index (κ1) is 19.9. The molecule has 1 N–H and O–H groups in total. The minimum absolute atomic E-state index is 0.113. The van der Waals surface area contributed by atoms with Crippen LogP contribution in [-0.4, -0.2) is 49.8 Å². The molecule has 2 aromatic rings. The number of fused-ring (bicyclic) bond motifs is 1. The van der Waals surface area contributed by atoms with E-state index in [0.29, 0.717) is 28.4 Å². The first-order valence-electron chi connectivity index (χ1n) is 10.3. The van der Waals surface area contributed by atoms with E-state index in [0.717, 1.165) is 19.4 Å². The summed E-state index contributed by atoms with van der Waals surface area (Å²) in [6, 6.07) is 7.66.